The summed E-state index contributed by atoms with van der Waals surface area (Å²) in [6.07, 6.45) is 9.42. The minimum atomic E-state index is 0.211. The lowest BCUT2D eigenvalue weighted by Gasteiger charge is -2.28. The molecule has 2 rings (SSSR count). The van der Waals surface area contributed by atoms with Gasteiger partial charge in [0.05, 0.1) is 17.0 Å². The molecule has 1 aliphatic carbocycles. The summed E-state index contributed by atoms with van der Waals surface area (Å²) < 4.78 is 0. The van der Waals surface area contributed by atoms with Crippen LogP contribution in [0.15, 0.2) is 82.4 Å². The first-order valence-electron chi connectivity index (χ1n) is 9.89. The number of rotatable bonds is 8. The number of aromatic nitrogens is 1. The van der Waals surface area contributed by atoms with Crippen LogP contribution in [-0.2, 0) is 6.54 Å². The predicted octanol–water partition coefficient (Wildman–Crippen LogP) is 4.49. The summed E-state index contributed by atoms with van der Waals surface area (Å²) in [7, 11) is 0. The summed E-state index contributed by atoms with van der Waals surface area (Å²) in [5.41, 5.74) is 12.4. The van der Waals surface area contributed by atoms with E-state index in [1.807, 2.05) is 25.1 Å². The number of hydrogen-bond acceptors (Lipinski definition) is 5. The molecule has 150 valence electrons. The summed E-state index contributed by atoms with van der Waals surface area (Å²) in [6.45, 7) is 11.0. The van der Waals surface area contributed by atoms with E-state index in [-0.39, 0.29) is 12.3 Å². The Bertz CT molecular complexity index is 953. The highest BCUT2D eigenvalue weighted by Crippen LogP contribution is 2.38. The van der Waals surface area contributed by atoms with Crippen LogP contribution in [0.1, 0.15) is 39.2 Å². The minimum absolute atomic E-state index is 0.211. The first kappa shape index (κ1) is 22.1. The number of nitriles is 1. The molecule has 0 amide bonds. The molecule has 0 spiro atoms. The molecule has 1 aromatic heterocycles. The average Bonchev–Trinajstić information content (AvgIpc) is 2.75. The Morgan fingerprint density at radius 2 is 2.17 bits per heavy atom. The summed E-state index contributed by atoms with van der Waals surface area (Å²) >= 11 is 0. The Hall–Kier alpha value is -3.23. The molecule has 0 atom stereocenters. The topological polar surface area (TPSA) is 98.6 Å². The van der Waals surface area contributed by atoms with E-state index < -0.39 is 0 Å². The van der Waals surface area contributed by atoms with Crippen molar-refractivity contribution < 1.29 is 0 Å². The van der Waals surface area contributed by atoms with Crippen LogP contribution < -0.4 is 11.1 Å². The zero-order valence-corrected chi connectivity index (χ0v) is 17.5. The molecule has 0 aliphatic heterocycles. The van der Waals surface area contributed by atoms with Crippen molar-refractivity contribution in [1.82, 2.24) is 10.3 Å². The van der Waals surface area contributed by atoms with E-state index in [1.54, 1.807) is 12.4 Å². The summed E-state index contributed by atoms with van der Waals surface area (Å²) in [5, 5.41) is 21.9. The highest BCUT2D eigenvalue weighted by atomic mass is 14.9. The maximum atomic E-state index is 10.1. The lowest BCUT2D eigenvalue weighted by Crippen LogP contribution is -2.30. The largest absolute Gasteiger partial charge is 0.378 e. The van der Waals surface area contributed by atoms with Gasteiger partial charge in [0, 0.05) is 31.1 Å². The van der Waals surface area contributed by atoms with Crippen LogP contribution in [-0.4, -0.2) is 17.2 Å². The molecule has 1 heterocycles. The lowest BCUT2D eigenvalue weighted by atomic mass is 9.78. The second kappa shape index (κ2) is 10.4. The van der Waals surface area contributed by atoms with Crippen molar-refractivity contribution in [1.29, 1.82) is 10.7 Å². The highest BCUT2D eigenvalue weighted by Gasteiger charge is 2.30. The van der Waals surface area contributed by atoms with Gasteiger partial charge in [0.2, 0.25) is 0 Å². The van der Waals surface area contributed by atoms with Gasteiger partial charge in [-0.25, -0.2) is 0 Å². The van der Waals surface area contributed by atoms with Gasteiger partial charge in [0.15, 0.2) is 0 Å². The first-order valence-corrected chi connectivity index (χ1v) is 9.89. The van der Waals surface area contributed by atoms with Crippen molar-refractivity contribution in [3.05, 3.63) is 88.0 Å². The second-order valence-corrected chi connectivity index (χ2v) is 6.68. The van der Waals surface area contributed by atoms with Gasteiger partial charge in [-0.2, -0.15) is 5.26 Å². The van der Waals surface area contributed by atoms with E-state index in [0.717, 1.165) is 40.7 Å². The number of allylic oxidation sites excluding steroid dienone is 7. The van der Waals surface area contributed by atoms with Gasteiger partial charge in [-0.15, -0.1) is 0 Å². The second-order valence-electron chi connectivity index (χ2n) is 6.68. The fourth-order valence-corrected chi connectivity index (χ4v) is 3.54. The first-order chi connectivity index (χ1) is 14.0. The van der Waals surface area contributed by atoms with Crippen molar-refractivity contribution in [2.75, 3.05) is 6.54 Å². The predicted molar refractivity (Wildman–Crippen MR) is 119 cm³/mol. The van der Waals surface area contributed by atoms with Gasteiger partial charge >= 0.3 is 0 Å². The van der Waals surface area contributed by atoms with E-state index >= 15 is 0 Å². The molecular formula is C24H29N5. The third-order valence-electron chi connectivity index (χ3n) is 4.96. The Balaban J connectivity index is 2.64. The van der Waals surface area contributed by atoms with Gasteiger partial charge in [-0.3, -0.25) is 10.4 Å². The molecule has 0 saturated heterocycles. The van der Waals surface area contributed by atoms with Gasteiger partial charge in [0.1, 0.15) is 6.07 Å². The van der Waals surface area contributed by atoms with Crippen LogP contribution in [0, 0.1) is 16.7 Å². The molecule has 5 nitrogen and oxygen atoms in total. The van der Waals surface area contributed by atoms with Crippen LogP contribution >= 0.6 is 0 Å². The molecule has 29 heavy (non-hydrogen) atoms. The fraction of sp³-hybridized carbons (Fsp3) is 0.292. The number of nitrogens with zero attached hydrogens (tertiary/aromatic N) is 2. The van der Waals surface area contributed by atoms with Crippen molar-refractivity contribution >= 4 is 5.71 Å². The standard InChI is InChI=1S/C24H29N5/c1-5-9-18(6-2)19(7-3)22-20(12-25)16(4)23(27)24(21(22)13-26)29-15-17-10-8-11-28-14-17/h7-11,14,27,29H,4-6,12,15,25H2,1-3H3/b18-9-,19-7+,27-23?. The smallest absolute Gasteiger partial charge is 0.102 e. The molecule has 1 aliphatic rings. The van der Waals surface area contributed by atoms with Gasteiger partial charge in [0.25, 0.3) is 0 Å². The molecule has 0 radical (unpaired) electrons. The van der Waals surface area contributed by atoms with E-state index in [4.69, 9.17) is 11.1 Å². The van der Waals surface area contributed by atoms with Gasteiger partial charge < -0.3 is 11.1 Å². The van der Waals surface area contributed by atoms with E-state index in [9.17, 15) is 5.26 Å². The zero-order valence-electron chi connectivity index (χ0n) is 17.5. The average molecular weight is 388 g/mol. The molecule has 0 aromatic carbocycles. The van der Waals surface area contributed by atoms with Crippen molar-refractivity contribution in [3.63, 3.8) is 0 Å². The fourth-order valence-electron chi connectivity index (χ4n) is 3.54. The number of nitrogens with two attached hydrogens (primary N) is 1. The highest BCUT2D eigenvalue weighted by molar-refractivity contribution is 6.16. The van der Waals surface area contributed by atoms with Gasteiger partial charge in [-0.05, 0) is 53.7 Å². The molecule has 4 N–H and O–H groups in total. The van der Waals surface area contributed by atoms with Crippen LogP contribution in [0.4, 0.5) is 0 Å². The van der Waals surface area contributed by atoms with Crippen molar-refractivity contribution in [3.8, 4) is 6.07 Å². The molecule has 0 saturated carbocycles. The Labute approximate surface area is 173 Å². The molecule has 1 aromatic rings. The molecule has 0 unspecified atom stereocenters. The Morgan fingerprint density at radius 3 is 2.69 bits per heavy atom. The molecular weight excluding hydrogens is 358 g/mol. The summed E-state index contributed by atoms with van der Waals surface area (Å²) in [5.74, 6) is 0. The van der Waals surface area contributed by atoms with E-state index in [1.165, 1.54) is 0 Å². The Kier molecular flexibility index (Phi) is 7.88. The van der Waals surface area contributed by atoms with Crippen LogP contribution in [0.25, 0.3) is 0 Å². The van der Waals surface area contributed by atoms with Crippen LogP contribution in [0.5, 0.6) is 0 Å². The SMILES string of the molecule is C=C1C(=N)C(NCc2cccnc2)=C(C#N)C(C(=C/C)/C(=C\CC)CC)=C1CN. The van der Waals surface area contributed by atoms with Gasteiger partial charge in [-0.1, -0.05) is 38.6 Å². The number of nitrogens with one attached hydrogen (secondary N) is 2. The third kappa shape index (κ3) is 4.61. The van der Waals surface area contributed by atoms with Crippen molar-refractivity contribution in [2.24, 2.45) is 5.73 Å². The van der Waals surface area contributed by atoms with Crippen LogP contribution in [0.2, 0.25) is 0 Å². The maximum Gasteiger partial charge on any atom is 0.102 e. The van der Waals surface area contributed by atoms with Crippen LogP contribution in [0.3, 0.4) is 0 Å². The lowest BCUT2D eigenvalue weighted by molar-refractivity contribution is 0.827. The quantitative estimate of drug-likeness (QED) is 0.572. The van der Waals surface area contributed by atoms with E-state index in [0.29, 0.717) is 23.4 Å². The summed E-state index contributed by atoms with van der Waals surface area (Å²) in [4.78, 5) is 4.12. The Morgan fingerprint density at radius 1 is 1.41 bits per heavy atom. The molecule has 0 fully saturated rings. The third-order valence-corrected chi connectivity index (χ3v) is 4.96. The van der Waals surface area contributed by atoms with Crippen molar-refractivity contribution in [2.45, 2.75) is 40.2 Å². The summed E-state index contributed by atoms with van der Waals surface area (Å²) in [6, 6.07) is 6.14. The normalized spacial score (nSPS) is 15.7. The number of hydrogen-bond donors (Lipinski definition) is 3. The molecule has 0 bridgehead atoms. The van der Waals surface area contributed by atoms with E-state index in [2.05, 4.69) is 42.9 Å². The number of pyridine rings is 1. The zero-order chi connectivity index (χ0) is 21.4. The minimum Gasteiger partial charge on any atom is -0.378 e. The molecule has 5 heteroatoms. The monoisotopic (exact) mass is 387 g/mol. The maximum absolute atomic E-state index is 10.1.